The smallest absolute Gasteiger partial charge is 0.0907 e. The molecule has 16 heavy (non-hydrogen) atoms. The van der Waals surface area contributed by atoms with Crippen molar-refractivity contribution in [3.05, 3.63) is 29.7 Å². The molecular formula is C12H20N4. The average molecular weight is 220 g/mol. The van der Waals surface area contributed by atoms with Crippen molar-refractivity contribution in [2.24, 2.45) is 5.84 Å². The van der Waals surface area contributed by atoms with Crippen LogP contribution in [-0.2, 0) is 0 Å². The fourth-order valence-corrected chi connectivity index (χ4v) is 1.50. The lowest BCUT2D eigenvalue weighted by Gasteiger charge is -2.08. The second-order valence-corrected chi connectivity index (χ2v) is 4.12. The Morgan fingerprint density at radius 1 is 1.56 bits per heavy atom. The van der Waals surface area contributed by atoms with Gasteiger partial charge in [-0.25, -0.2) is 0 Å². The van der Waals surface area contributed by atoms with Crippen molar-refractivity contribution in [1.82, 2.24) is 15.6 Å². The summed E-state index contributed by atoms with van der Waals surface area (Å²) in [5.41, 5.74) is 5.77. The largest absolute Gasteiger partial charge is 0.331 e. The van der Waals surface area contributed by atoms with E-state index in [2.05, 4.69) is 42.5 Å². The minimum atomic E-state index is 0.461. The van der Waals surface area contributed by atoms with E-state index in [9.17, 15) is 0 Å². The summed E-state index contributed by atoms with van der Waals surface area (Å²) in [4.78, 5) is 0. The molecule has 0 radical (unpaired) electrons. The predicted molar refractivity (Wildman–Crippen MR) is 66.3 cm³/mol. The van der Waals surface area contributed by atoms with Gasteiger partial charge in [0.05, 0.1) is 11.9 Å². The van der Waals surface area contributed by atoms with Crippen molar-refractivity contribution in [3.8, 4) is 0 Å². The maximum absolute atomic E-state index is 5.32. The van der Waals surface area contributed by atoms with Crippen LogP contribution in [0.15, 0.2) is 18.5 Å². The Bertz CT molecular complexity index is 358. The van der Waals surface area contributed by atoms with Crippen molar-refractivity contribution < 1.29 is 0 Å². The van der Waals surface area contributed by atoms with E-state index in [1.807, 2.05) is 6.20 Å². The highest BCUT2D eigenvalue weighted by atomic mass is 15.2. The minimum absolute atomic E-state index is 0.461. The van der Waals surface area contributed by atoms with Crippen LogP contribution < -0.4 is 11.3 Å². The molecule has 0 bridgehead atoms. The number of hydrogen-bond donors (Lipinski definition) is 2. The Balaban J connectivity index is 3.00. The molecule has 1 aromatic heterocycles. The standard InChI is InChI=1S/C12H20N4/c1-4-5-10(7-14-13)12-6-11(9(2)3)8-15-16-12/h6-9,14H,4-5,13H2,1-3H3/b10-7+. The van der Waals surface area contributed by atoms with Crippen molar-refractivity contribution >= 4 is 5.57 Å². The molecule has 4 nitrogen and oxygen atoms in total. The summed E-state index contributed by atoms with van der Waals surface area (Å²) in [6.07, 6.45) is 5.60. The summed E-state index contributed by atoms with van der Waals surface area (Å²) >= 11 is 0. The van der Waals surface area contributed by atoms with Crippen LogP contribution >= 0.6 is 0 Å². The number of nitrogens with two attached hydrogens (primary N) is 1. The SMILES string of the molecule is CCC/C(=C\NN)c1cc(C(C)C)cnn1. The molecule has 0 unspecified atom stereocenters. The highest BCUT2D eigenvalue weighted by Gasteiger charge is 2.06. The van der Waals surface area contributed by atoms with Crippen molar-refractivity contribution in [3.63, 3.8) is 0 Å². The molecule has 1 aromatic rings. The van der Waals surface area contributed by atoms with Gasteiger partial charge in [-0.15, -0.1) is 0 Å². The van der Waals surface area contributed by atoms with Crippen molar-refractivity contribution in [1.29, 1.82) is 0 Å². The van der Waals surface area contributed by atoms with Gasteiger partial charge in [-0.05, 0) is 29.5 Å². The lowest BCUT2D eigenvalue weighted by Crippen LogP contribution is -2.14. The molecule has 4 heteroatoms. The summed E-state index contributed by atoms with van der Waals surface area (Å²) in [5, 5.41) is 8.18. The van der Waals surface area contributed by atoms with Crippen LogP contribution in [0.5, 0.6) is 0 Å². The van der Waals surface area contributed by atoms with Gasteiger partial charge < -0.3 is 5.43 Å². The van der Waals surface area contributed by atoms with E-state index in [1.54, 1.807) is 6.20 Å². The molecular weight excluding hydrogens is 200 g/mol. The zero-order chi connectivity index (χ0) is 12.0. The van der Waals surface area contributed by atoms with Crippen molar-refractivity contribution in [2.45, 2.75) is 39.5 Å². The fourth-order valence-electron chi connectivity index (χ4n) is 1.50. The van der Waals surface area contributed by atoms with E-state index in [0.717, 1.165) is 24.1 Å². The number of aromatic nitrogens is 2. The van der Waals surface area contributed by atoms with Crippen LogP contribution in [0.1, 0.15) is 50.8 Å². The maximum Gasteiger partial charge on any atom is 0.0907 e. The van der Waals surface area contributed by atoms with Gasteiger partial charge in [0, 0.05) is 6.20 Å². The first-order valence-electron chi connectivity index (χ1n) is 5.67. The number of nitrogens with zero attached hydrogens (tertiary/aromatic N) is 2. The highest BCUT2D eigenvalue weighted by molar-refractivity contribution is 5.62. The number of allylic oxidation sites excluding steroid dienone is 1. The molecule has 0 aliphatic carbocycles. The van der Waals surface area contributed by atoms with Gasteiger partial charge in [0.25, 0.3) is 0 Å². The van der Waals surface area contributed by atoms with Gasteiger partial charge in [0.1, 0.15) is 0 Å². The van der Waals surface area contributed by atoms with Crippen LogP contribution in [0.2, 0.25) is 0 Å². The minimum Gasteiger partial charge on any atom is -0.331 e. The second kappa shape index (κ2) is 6.23. The van der Waals surface area contributed by atoms with Crippen LogP contribution in [0.25, 0.3) is 5.57 Å². The van der Waals surface area contributed by atoms with Gasteiger partial charge in [-0.2, -0.15) is 10.2 Å². The lowest BCUT2D eigenvalue weighted by molar-refractivity contribution is 0.832. The monoisotopic (exact) mass is 220 g/mol. The van der Waals surface area contributed by atoms with E-state index in [4.69, 9.17) is 5.84 Å². The van der Waals surface area contributed by atoms with E-state index < -0.39 is 0 Å². The van der Waals surface area contributed by atoms with Gasteiger partial charge in [-0.1, -0.05) is 27.2 Å². The molecule has 1 rings (SSSR count). The lowest BCUT2D eigenvalue weighted by atomic mass is 10.0. The summed E-state index contributed by atoms with van der Waals surface area (Å²) < 4.78 is 0. The van der Waals surface area contributed by atoms with E-state index in [0.29, 0.717) is 5.92 Å². The quantitative estimate of drug-likeness (QED) is 0.590. The zero-order valence-electron chi connectivity index (χ0n) is 10.2. The Kier molecular flexibility index (Phi) is 4.92. The number of hydrazine groups is 1. The number of hydrogen-bond acceptors (Lipinski definition) is 4. The topological polar surface area (TPSA) is 63.8 Å². The summed E-state index contributed by atoms with van der Waals surface area (Å²) in [6.45, 7) is 6.42. The van der Waals surface area contributed by atoms with E-state index in [1.165, 1.54) is 5.56 Å². The first-order chi connectivity index (χ1) is 7.69. The number of nitrogens with one attached hydrogen (secondary N) is 1. The van der Waals surface area contributed by atoms with Gasteiger partial charge in [0.15, 0.2) is 0 Å². The highest BCUT2D eigenvalue weighted by Crippen LogP contribution is 2.20. The Morgan fingerprint density at radius 3 is 2.88 bits per heavy atom. The third-order valence-electron chi connectivity index (χ3n) is 2.45. The fraction of sp³-hybridized carbons (Fsp3) is 0.500. The third-order valence-corrected chi connectivity index (χ3v) is 2.45. The molecule has 0 saturated carbocycles. The summed E-state index contributed by atoms with van der Waals surface area (Å²) in [6, 6.07) is 2.08. The molecule has 0 fully saturated rings. The molecule has 0 saturated heterocycles. The molecule has 0 atom stereocenters. The molecule has 0 aromatic carbocycles. The van der Waals surface area contributed by atoms with Crippen LogP contribution in [0.4, 0.5) is 0 Å². The van der Waals surface area contributed by atoms with Crippen LogP contribution in [-0.4, -0.2) is 10.2 Å². The van der Waals surface area contributed by atoms with Crippen LogP contribution in [0.3, 0.4) is 0 Å². The van der Waals surface area contributed by atoms with E-state index >= 15 is 0 Å². The normalized spacial score (nSPS) is 11.9. The molecule has 88 valence electrons. The molecule has 1 heterocycles. The summed E-state index contributed by atoms with van der Waals surface area (Å²) in [7, 11) is 0. The third kappa shape index (κ3) is 3.31. The van der Waals surface area contributed by atoms with Gasteiger partial charge >= 0.3 is 0 Å². The average Bonchev–Trinajstić information content (AvgIpc) is 2.29. The van der Waals surface area contributed by atoms with E-state index in [-0.39, 0.29) is 0 Å². The maximum atomic E-state index is 5.32. The van der Waals surface area contributed by atoms with Gasteiger partial charge in [0.2, 0.25) is 0 Å². The molecule has 0 aliphatic heterocycles. The first kappa shape index (κ1) is 12.6. The van der Waals surface area contributed by atoms with Gasteiger partial charge in [-0.3, -0.25) is 5.84 Å². The van der Waals surface area contributed by atoms with Crippen molar-refractivity contribution in [2.75, 3.05) is 0 Å². The zero-order valence-corrected chi connectivity index (χ0v) is 10.2. The summed E-state index contributed by atoms with van der Waals surface area (Å²) in [5.74, 6) is 5.78. The Morgan fingerprint density at radius 2 is 2.31 bits per heavy atom. The first-order valence-corrected chi connectivity index (χ1v) is 5.67. The molecule has 0 spiro atoms. The number of rotatable bonds is 5. The second-order valence-electron chi connectivity index (χ2n) is 4.12. The van der Waals surface area contributed by atoms with Crippen LogP contribution in [0, 0.1) is 0 Å². The Hall–Kier alpha value is -1.42. The Labute approximate surface area is 96.9 Å². The predicted octanol–water partition coefficient (Wildman–Crippen LogP) is 2.20. The molecule has 0 aliphatic rings. The molecule has 3 N–H and O–H groups in total. The molecule has 0 amide bonds.